The molecule has 0 aromatic carbocycles. The van der Waals surface area contributed by atoms with Crippen LogP contribution in [0.4, 0.5) is 0 Å². The van der Waals surface area contributed by atoms with Crippen molar-refractivity contribution in [2.24, 2.45) is 0 Å². The van der Waals surface area contributed by atoms with Crippen molar-refractivity contribution < 1.29 is 33.5 Å². The molecule has 3 rings (SSSR count). The van der Waals surface area contributed by atoms with Crippen LogP contribution >= 0.6 is 0 Å². The van der Waals surface area contributed by atoms with Gasteiger partial charge in [-0.2, -0.15) is 0 Å². The van der Waals surface area contributed by atoms with Gasteiger partial charge in [-0.15, -0.1) is 0 Å². The van der Waals surface area contributed by atoms with E-state index in [2.05, 4.69) is 0 Å². The molecule has 3 heterocycles. The van der Waals surface area contributed by atoms with E-state index in [0.29, 0.717) is 0 Å². The van der Waals surface area contributed by atoms with Gasteiger partial charge >= 0.3 is 0 Å². The van der Waals surface area contributed by atoms with Gasteiger partial charge in [0.15, 0.2) is 17.9 Å². The van der Waals surface area contributed by atoms with Crippen molar-refractivity contribution in [3.05, 3.63) is 0 Å². The fraction of sp³-hybridized carbons (Fsp3) is 1.00. The molecule has 1 N–H and O–H groups in total. The van der Waals surface area contributed by atoms with Gasteiger partial charge in [0.25, 0.3) is 0 Å². The summed E-state index contributed by atoms with van der Waals surface area (Å²) in [7, 11) is 1.46. The lowest BCUT2D eigenvalue weighted by molar-refractivity contribution is -0.341. The SMILES string of the molecule is CO[C@]1([C@H]2COC(C)(C)O2)O[C@@H]2OC(C)(C)O[C@@H]2[C@H]1O. The number of fused-ring (bicyclic) bond motifs is 1. The lowest BCUT2D eigenvalue weighted by atomic mass is 10.0. The molecule has 0 aliphatic carbocycles. The second-order valence-corrected chi connectivity index (χ2v) is 6.27. The molecule has 116 valence electrons. The van der Waals surface area contributed by atoms with Gasteiger partial charge in [0.05, 0.1) is 6.61 Å². The summed E-state index contributed by atoms with van der Waals surface area (Å²) in [5.41, 5.74) is 0. The normalized spacial score (nSPS) is 49.5. The largest absolute Gasteiger partial charge is 0.384 e. The second kappa shape index (κ2) is 4.36. The van der Waals surface area contributed by atoms with E-state index >= 15 is 0 Å². The highest BCUT2D eigenvalue weighted by molar-refractivity contribution is 5.03. The first kappa shape index (κ1) is 14.6. The summed E-state index contributed by atoms with van der Waals surface area (Å²) < 4.78 is 33.9. The molecule has 0 spiro atoms. The van der Waals surface area contributed by atoms with Gasteiger partial charge in [-0.05, 0) is 27.7 Å². The number of rotatable bonds is 2. The Morgan fingerprint density at radius 2 is 1.70 bits per heavy atom. The van der Waals surface area contributed by atoms with E-state index in [-0.39, 0.29) is 6.61 Å². The minimum Gasteiger partial charge on any atom is -0.384 e. The van der Waals surface area contributed by atoms with Crippen LogP contribution in [-0.2, 0) is 28.4 Å². The van der Waals surface area contributed by atoms with Gasteiger partial charge in [0.2, 0.25) is 5.79 Å². The quantitative estimate of drug-likeness (QED) is 0.786. The highest BCUT2D eigenvalue weighted by Crippen LogP contribution is 2.46. The van der Waals surface area contributed by atoms with Gasteiger partial charge in [0, 0.05) is 7.11 Å². The Labute approximate surface area is 118 Å². The van der Waals surface area contributed by atoms with E-state index in [4.69, 9.17) is 28.4 Å². The maximum atomic E-state index is 10.6. The topological polar surface area (TPSA) is 75.6 Å². The molecule has 20 heavy (non-hydrogen) atoms. The number of aliphatic hydroxyl groups excluding tert-OH is 1. The van der Waals surface area contributed by atoms with Crippen LogP contribution in [0.25, 0.3) is 0 Å². The summed E-state index contributed by atoms with van der Waals surface area (Å²) in [6, 6.07) is 0. The molecule has 0 saturated carbocycles. The molecule has 3 aliphatic rings. The van der Waals surface area contributed by atoms with E-state index in [0.717, 1.165) is 0 Å². The number of hydrogen-bond acceptors (Lipinski definition) is 7. The van der Waals surface area contributed by atoms with Crippen molar-refractivity contribution in [3.63, 3.8) is 0 Å². The molecule has 3 saturated heterocycles. The maximum absolute atomic E-state index is 10.6. The molecule has 0 unspecified atom stereocenters. The van der Waals surface area contributed by atoms with Crippen LogP contribution < -0.4 is 0 Å². The van der Waals surface area contributed by atoms with Crippen molar-refractivity contribution in [1.29, 1.82) is 0 Å². The molecule has 0 amide bonds. The Kier molecular flexibility index (Phi) is 3.19. The first-order valence-corrected chi connectivity index (χ1v) is 6.77. The molecule has 5 atom stereocenters. The predicted molar refractivity (Wildman–Crippen MR) is 65.6 cm³/mol. The summed E-state index contributed by atoms with van der Waals surface area (Å²) in [4.78, 5) is 0. The standard InChI is InChI=1S/C13H22O7/c1-11(2)16-6-7(17-11)13(15-5)9(14)8-10(20-13)19-12(3,4)18-8/h7-10,14H,6H2,1-5H3/t7-,8-,9-,10+,13-/m1/s1. The molecule has 0 aromatic heterocycles. The predicted octanol–water partition coefficient (Wildman–Crippen LogP) is 0.349. The number of aliphatic hydroxyl groups is 1. The molecule has 0 radical (unpaired) electrons. The van der Waals surface area contributed by atoms with E-state index in [1.165, 1.54) is 7.11 Å². The second-order valence-electron chi connectivity index (χ2n) is 6.27. The lowest BCUT2D eigenvalue weighted by Crippen LogP contribution is -2.56. The lowest BCUT2D eigenvalue weighted by Gasteiger charge is -2.36. The first-order valence-electron chi connectivity index (χ1n) is 6.77. The van der Waals surface area contributed by atoms with Crippen molar-refractivity contribution in [3.8, 4) is 0 Å². The third kappa shape index (κ3) is 2.09. The average molecular weight is 290 g/mol. The molecule has 0 aromatic rings. The summed E-state index contributed by atoms with van der Waals surface area (Å²) in [5.74, 6) is -2.87. The minimum absolute atomic E-state index is 0.265. The summed E-state index contributed by atoms with van der Waals surface area (Å²) >= 11 is 0. The fourth-order valence-electron chi connectivity index (χ4n) is 2.99. The molecule has 7 heteroatoms. The van der Waals surface area contributed by atoms with Crippen LogP contribution in [0, 0.1) is 0 Å². The van der Waals surface area contributed by atoms with Crippen LogP contribution in [0.2, 0.25) is 0 Å². The molecular formula is C13H22O7. The Hall–Kier alpha value is -0.280. The van der Waals surface area contributed by atoms with Crippen LogP contribution in [0.5, 0.6) is 0 Å². The van der Waals surface area contributed by atoms with Crippen molar-refractivity contribution in [1.82, 2.24) is 0 Å². The third-order valence-corrected chi connectivity index (χ3v) is 3.89. The smallest absolute Gasteiger partial charge is 0.229 e. The molecule has 7 nitrogen and oxygen atoms in total. The summed E-state index contributed by atoms with van der Waals surface area (Å²) in [6.07, 6.45) is -2.88. The maximum Gasteiger partial charge on any atom is 0.229 e. The van der Waals surface area contributed by atoms with Gasteiger partial charge < -0.3 is 33.5 Å². The number of methoxy groups -OCH3 is 1. The number of ether oxygens (including phenoxy) is 6. The first-order chi connectivity index (χ1) is 9.19. The van der Waals surface area contributed by atoms with Gasteiger partial charge in [0.1, 0.15) is 18.3 Å². The van der Waals surface area contributed by atoms with Crippen LogP contribution in [0.1, 0.15) is 27.7 Å². The minimum atomic E-state index is -1.35. The van der Waals surface area contributed by atoms with Gasteiger partial charge in [-0.25, -0.2) is 0 Å². The van der Waals surface area contributed by atoms with E-state index in [9.17, 15) is 5.11 Å². The zero-order valence-electron chi connectivity index (χ0n) is 12.4. The Bertz CT molecular complexity index is 396. The third-order valence-electron chi connectivity index (χ3n) is 3.89. The van der Waals surface area contributed by atoms with Crippen LogP contribution in [0.3, 0.4) is 0 Å². The van der Waals surface area contributed by atoms with Crippen molar-refractivity contribution in [2.45, 2.75) is 69.7 Å². The zero-order valence-corrected chi connectivity index (χ0v) is 12.4. The molecule has 0 bridgehead atoms. The highest BCUT2D eigenvalue weighted by Gasteiger charge is 2.67. The average Bonchev–Trinajstić information content (AvgIpc) is 2.91. The monoisotopic (exact) mass is 290 g/mol. The van der Waals surface area contributed by atoms with E-state index in [1.54, 1.807) is 27.7 Å². The van der Waals surface area contributed by atoms with E-state index < -0.39 is 42.0 Å². The van der Waals surface area contributed by atoms with Gasteiger partial charge in [-0.3, -0.25) is 0 Å². The van der Waals surface area contributed by atoms with Crippen molar-refractivity contribution in [2.75, 3.05) is 13.7 Å². The highest BCUT2D eigenvalue weighted by atomic mass is 16.9. The van der Waals surface area contributed by atoms with Crippen LogP contribution in [-0.4, -0.2) is 60.8 Å². The molecular weight excluding hydrogens is 268 g/mol. The van der Waals surface area contributed by atoms with Gasteiger partial charge in [-0.1, -0.05) is 0 Å². The van der Waals surface area contributed by atoms with Crippen LogP contribution in [0.15, 0.2) is 0 Å². The molecule has 3 fully saturated rings. The Morgan fingerprint density at radius 3 is 2.20 bits per heavy atom. The Morgan fingerprint density at radius 1 is 1.00 bits per heavy atom. The number of hydrogen-bond donors (Lipinski definition) is 1. The summed E-state index contributed by atoms with van der Waals surface area (Å²) in [6.45, 7) is 7.41. The Balaban J connectivity index is 1.82. The molecule has 3 aliphatic heterocycles. The zero-order chi connectivity index (χ0) is 14.8. The fourth-order valence-corrected chi connectivity index (χ4v) is 2.99. The van der Waals surface area contributed by atoms with E-state index in [1.807, 2.05) is 0 Å². The summed E-state index contributed by atoms with van der Waals surface area (Å²) in [5, 5.41) is 10.6. The van der Waals surface area contributed by atoms with Crippen molar-refractivity contribution >= 4 is 0 Å².